The molecule has 29 heavy (non-hydrogen) atoms. The Labute approximate surface area is 167 Å². The second-order valence-electron chi connectivity index (χ2n) is 7.03. The van der Waals surface area contributed by atoms with Crippen LogP contribution in [0, 0.1) is 12.8 Å². The summed E-state index contributed by atoms with van der Waals surface area (Å²) in [6, 6.07) is 1.99. The summed E-state index contributed by atoms with van der Waals surface area (Å²) in [6.45, 7) is 2.18. The van der Waals surface area contributed by atoms with Crippen LogP contribution >= 0.6 is 0 Å². The molecule has 0 N–H and O–H groups in total. The first-order valence-corrected chi connectivity index (χ1v) is 9.41. The summed E-state index contributed by atoms with van der Waals surface area (Å²) in [7, 11) is 4.70. The second kappa shape index (κ2) is 7.75. The van der Waals surface area contributed by atoms with Gasteiger partial charge in [0.2, 0.25) is 5.88 Å². The fourth-order valence-electron chi connectivity index (χ4n) is 3.50. The molecule has 4 rings (SSSR count). The van der Waals surface area contributed by atoms with E-state index in [1.807, 2.05) is 0 Å². The van der Waals surface area contributed by atoms with Gasteiger partial charge in [0.15, 0.2) is 0 Å². The Hall–Kier alpha value is -3.07. The maximum atomic E-state index is 12.9. The smallest absolute Gasteiger partial charge is 0.319 e. The Balaban J connectivity index is 1.91. The van der Waals surface area contributed by atoms with Crippen LogP contribution in [0.4, 0.5) is 0 Å². The molecule has 1 unspecified atom stereocenters. The quantitative estimate of drug-likeness (QED) is 0.597. The molecule has 3 aromatic heterocycles. The predicted molar refractivity (Wildman–Crippen MR) is 106 cm³/mol. The molecule has 1 aliphatic rings. The van der Waals surface area contributed by atoms with E-state index in [9.17, 15) is 4.79 Å². The third kappa shape index (κ3) is 3.53. The van der Waals surface area contributed by atoms with Crippen molar-refractivity contribution in [3.05, 3.63) is 34.5 Å². The normalized spacial score (nSPS) is 14.8. The van der Waals surface area contributed by atoms with Crippen molar-refractivity contribution in [2.24, 2.45) is 5.92 Å². The van der Waals surface area contributed by atoms with E-state index in [4.69, 9.17) is 14.2 Å². The molecule has 0 spiro atoms. The lowest BCUT2D eigenvalue weighted by molar-refractivity contribution is 0.0700. The molecular formula is C20H23N5O4. The molecular weight excluding hydrogens is 374 g/mol. The number of pyridine rings is 1. The number of aromatic nitrogens is 5. The van der Waals surface area contributed by atoms with Crippen LogP contribution in [-0.2, 0) is 11.3 Å². The Morgan fingerprint density at radius 3 is 2.62 bits per heavy atom. The van der Waals surface area contributed by atoms with Crippen LogP contribution in [0.2, 0.25) is 0 Å². The summed E-state index contributed by atoms with van der Waals surface area (Å²) < 4.78 is 17.9. The van der Waals surface area contributed by atoms with E-state index in [1.165, 1.54) is 14.2 Å². The van der Waals surface area contributed by atoms with Gasteiger partial charge in [0.25, 0.3) is 5.56 Å². The average Bonchev–Trinajstić information content (AvgIpc) is 3.59. The summed E-state index contributed by atoms with van der Waals surface area (Å²) in [6.07, 6.45) is 5.48. The first-order valence-electron chi connectivity index (χ1n) is 9.41. The number of hydrogen-bond donors (Lipinski definition) is 0. The van der Waals surface area contributed by atoms with E-state index >= 15 is 0 Å². The maximum Gasteiger partial charge on any atom is 0.319 e. The topological polar surface area (TPSA) is 101 Å². The van der Waals surface area contributed by atoms with Crippen molar-refractivity contribution < 1.29 is 14.2 Å². The zero-order valence-corrected chi connectivity index (χ0v) is 16.9. The molecule has 1 fully saturated rings. The van der Waals surface area contributed by atoms with Gasteiger partial charge in [-0.15, -0.1) is 0 Å². The monoisotopic (exact) mass is 397 g/mol. The van der Waals surface area contributed by atoms with Gasteiger partial charge in [0, 0.05) is 19.5 Å². The molecule has 3 aromatic rings. The van der Waals surface area contributed by atoms with Crippen molar-refractivity contribution in [2.75, 3.05) is 21.3 Å². The lowest BCUT2D eigenvalue weighted by atomic mass is 10.1. The number of fused-ring (bicyclic) bond motifs is 1. The molecule has 0 aliphatic heterocycles. The number of rotatable bonds is 7. The fourth-order valence-corrected chi connectivity index (χ4v) is 3.50. The van der Waals surface area contributed by atoms with Crippen molar-refractivity contribution in [3.8, 4) is 23.1 Å². The van der Waals surface area contributed by atoms with Crippen LogP contribution < -0.4 is 15.0 Å². The first-order chi connectivity index (χ1) is 14.1. The van der Waals surface area contributed by atoms with Crippen LogP contribution in [0.3, 0.4) is 0 Å². The zero-order chi connectivity index (χ0) is 20.5. The van der Waals surface area contributed by atoms with Crippen molar-refractivity contribution in [1.29, 1.82) is 0 Å². The summed E-state index contributed by atoms with van der Waals surface area (Å²) in [4.78, 5) is 30.3. The highest BCUT2D eigenvalue weighted by Crippen LogP contribution is 2.35. The molecule has 1 atom stereocenters. The van der Waals surface area contributed by atoms with Crippen molar-refractivity contribution in [2.45, 2.75) is 32.4 Å². The van der Waals surface area contributed by atoms with E-state index in [-0.39, 0.29) is 17.7 Å². The molecule has 0 bridgehead atoms. The highest BCUT2D eigenvalue weighted by Gasteiger charge is 2.32. The van der Waals surface area contributed by atoms with Crippen LogP contribution in [0.5, 0.6) is 11.9 Å². The molecule has 9 nitrogen and oxygen atoms in total. The van der Waals surface area contributed by atoms with E-state index in [0.717, 1.165) is 12.8 Å². The largest absolute Gasteiger partial charge is 0.480 e. The molecule has 0 saturated heterocycles. The van der Waals surface area contributed by atoms with Gasteiger partial charge in [-0.3, -0.25) is 9.78 Å². The third-order valence-electron chi connectivity index (χ3n) is 5.20. The Morgan fingerprint density at radius 2 is 1.97 bits per heavy atom. The molecule has 0 radical (unpaired) electrons. The van der Waals surface area contributed by atoms with Gasteiger partial charge in [0.1, 0.15) is 16.9 Å². The molecule has 0 aromatic carbocycles. The van der Waals surface area contributed by atoms with E-state index < -0.39 is 0 Å². The minimum absolute atomic E-state index is 0.00632. The zero-order valence-electron chi connectivity index (χ0n) is 16.9. The third-order valence-corrected chi connectivity index (χ3v) is 5.20. The van der Waals surface area contributed by atoms with Crippen LogP contribution in [0.15, 0.2) is 23.3 Å². The van der Waals surface area contributed by atoms with E-state index in [1.54, 1.807) is 37.1 Å². The highest BCUT2D eigenvalue weighted by atomic mass is 16.5. The van der Waals surface area contributed by atoms with Gasteiger partial charge in [-0.2, -0.15) is 4.98 Å². The SMILES string of the molecule is COc1ncc(-c2nccc3c2nc(C)c(=O)n3CC(OC)C2CC2)c(OC)n1. The molecule has 1 aliphatic carbocycles. The molecule has 152 valence electrons. The first kappa shape index (κ1) is 19.3. The molecule has 3 heterocycles. The lowest BCUT2D eigenvalue weighted by Gasteiger charge is -2.19. The number of hydrogen-bond acceptors (Lipinski definition) is 8. The van der Waals surface area contributed by atoms with Gasteiger partial charge >= 0.3 is 6.01 Å². The average molecular weight is 397 g/mol. The number of aryl methyl sites for hydroxylation is 1. The van der Waals surface area contributed by atoms with E-state index in [0.29, 0.717) is 46.3 Å². The highest BCUT2D eigenvalue weighted by molar-refractivity contribution is 5.90. The summed E-state index contributed by atoms with van der Waals surface area (Å²) in [5, 5.41) is 0. The van der Waals surface area contributed by atoms with Gasteiger partial charge in [-0.25, -0.2) is 9.97 Å². The van der Waals surface area contributed by atoms with Crippen LogP contribution in [-0.4, -0.2) is 51.9 Å². The molecule has 9 heteroatoms. The summed E-state index contributed by atoms with van der Waals surface area (Å²) in [5.74, 6) is 0.814. The van der Waals surface area contributed by atoms with Crippen molar-refractivity contribution in [3.63, 3.8) is 0 Å². The molecule has 1 saturated carbocycles. The lowest BCUT2D eigenvalue weighted by Crippen LogP contribution is -2.31. The number of methoxy groups -OCH3 is 3. The van der Waals surface area contributed by atoms with Gasteiger partial charge in [-0.1, -0.05) is 0 Å². The van der Waals surface area contributed by atoms with E-state index in [2.05, 4.69) is 19.9 Å². The van der Waals surface area contributed by atoms with Crippen molar-refractivity contribution >= 4 is 11.0 Å². The Bertz CT molecular complexity index is 1110. The fraction of sp³-hybridized carbons (Fsp3) is 0.450. The van der Waals surface area contributed by atoms with Gasteiger partial charge < -0.3 is 18.8 Å². The number of ether oxygens (including phenoxy) is 3. The predicted octanol–water partition coefficient (Wildman–Crippen LogP) is 2.00. The van der Waals surface area contributed by atoms with Crippen LogP contribution in [0.25, 0.3) is 22.3 Å². The Kier molecular flexibility index (Phi) is 5.14. The Morgan fingerprint density at radius 1 is 1.17 bits per heavy atom. The van der Waals surface area contributed by atoms with Crippen LogP contribution in [0.1, 0.15) is 18.5 Å². The summed E-state index contributed by atoms with van der Waals surface area (Å²) >= 11 is 0. The second-order valence-corrected chi connectivity index (χ2v) is 7.03. The molecule has 0 amide bonds. The standard InChI is InChI=1S/C20H23N5O4/c1-11-19(26)25(10-15(27-2)12-5-6-12)14-7-8-21-16(17(14)23-11)13-9-22-20(29-4)24-18(13)28-3/h7-9,12,15H,5-6,10H2,1-4H3. The van der Waals surface area contributed by atoms with Gasteiger partial charge in [0.05, 0.1) is 37.9 Å². The minimum atomic E-state index is -0.129. The minimum Gasteiger partial charge on any atom is -0.480 e. The maximum absolute atomic E-state index is 12.9. The summed E-state index contributed by atoms with van der Waals surface area (Å²) in [5.41, 5.74) is 2.65. The van der Waals surface area contributed by atoms with Crippen molar-refractivity contribution in [1.82, 2.24) is 24.5 Å². The number of nitrogens with zero attached hydrogens (tertiary/aromatic N) is 5. The van der Waals surface area contributed by atoms with Gasteiger partial charge in [-0.05, 0) is 31.7 Å².